The zero-order chi connectivity index (χ0) is 15.3. The molecule has 0 aliphatic heterocycles. The number of hydrogen-bond donors (Lipinski definition) is 1. The lowest BCUT2D eigenvalue weighted by Crippen LogP contribution is -2.45. The number of aromatic nitrogens is 1. The van der Waals surface area contributed by atoms with E-state index >= 15 is 0 Å². The largest absolute Gasteiger partial charge is 0.467 e. The molecule has 0 aliphatic carbocycles. The third-order valence-electron chi connectivity index (χ3n) is 2.12. The lowest BCUT2D eigenvalue weighted by molar-refractivity contribution is -0.143. The summed E-state index contributed by atoms with van der Waals surface area (Å²) < 4.78 is 9.77. The second-order valence-electron chi connectivity index (χ2n) is 5.09. The van der Waals surface area contributed by atoms with Gasteiger partial charge in [-0.2, -0.15) is 0 Å². The van der Waals surface area contributed by atoms with Crippen LogP contribution in [0.1, 0.15) is 25.8 Å². The average Bonchev–Trinajstić information content (AvgIpc) is 2.70. The van der Waals surface area contributed by atoms with Crippen LogP contribution in [0.4, 0.5) is 4.79 Å². The molecule has 1 unspecified atom stereocenters. The molecule has 2 radical (unpaired) electrons. The number of thiazole rings is 1. The molecule has 0 bridgehead atoms. The van der Waals surface area contributed by atoms with Crippen LogP contribution in [0.25, 0.3) is 0 Å². The molecule has 0 spiro atoms. The minimum Gasteiger partial charge on any atom is -0.467 e. The summed E-state index contributed by atoms with van der Waals surface area (Å²) in [6.07, 6.45) is -0.481. The van der Waals surface area contributed by atoms with Gasteiger partial charge in [0.1, 0.15) is 19.5 Å². The molecule has 0 saturated carbocycles. The number of amides is 1. The van der Waals surface area contributed by atoms with Crippen molar-refractivity contribution in [2.75, 3.05) is 7.11 Å². The average molecular weight is 296 g/mol. The fourth-order valence-electron chi connectivity index (χ4n) is 1.38. The maximum atomic E-state index is 11.7. The van der Waals surface area contributed by atoms with Crippen molar-refractivity contribution in [1.82, 2.24) is 10.3 Å². The number of ether oxygens (including phenoxy) is 2. The quantitative estimate of drug-likeness (QED) is 0.648. The van der Waals surface area contributed by atoms with E-state index in [1.807, 2.05) is 0 Å². The molecule has 8 heteroatoms. The van der Waals surface area contributed by atoms with Crippen molar-refractivity contribution in [3.05, 3.63) is 10.4 Å². The maximum Gasteiger partial charge on any atom is 0.408 e. The van der Waals surface area contributed by atoms with Gasteiger partial charge in [0.15, 0.2) is 0 Å². The van der Waals surface area contributed by atoms with Crippen LogP contribution >= 0.6 is 11.3 Å². The van der Waals surface area contributed by atoms with Crippen LogP contribution in [0.3, 0.4) is 0 Å². The number of methoxy groups -OCH3 is 1. The first-order valence-corrected chi connectivity index (χ1v) is 6.86. The van der Waals surface area contributed by atoms with Gasteiger partial charge in [0.25, 0.3) is 0 Å². The van der Waals surface area contributed by atoms with Gasteiger partial charge in [-0.15, -0.1) is 11.3 Å². The van der Waals surface area contributed by atoms with Gasteiger partial charge in [0, 0.05) is 11.8 Å². The molecule has 0 aromatic carbocycles. The molecule has 1 rings (SSSR count). The zero-order valence-electron chi connectivity index (χ0n) is 11.9. The highest BCUT2D eigenvalue weighted by Gasteiger charge is 2.26. The van der Waals surface area contributed by atoms with Gasteiger partial charge < -0.3 is 14.8 Å². The Morgan fingerprint density at radius 3 is 2.60 bits per heavy atom. The predicted molar refractivity (Wildman–Crippen MR) is 76.4 cm³/mol. The van der Waals surface area contributed by atoms with Gasteiger partial charge in [0.05, 0.1) is 12.1 Å². The number of rotatable bonds is 4. The van der Waals surface area contributed by atoms with Crippen LogP contribution in [-0.2, 0) is 20.7 Å². The van der Waals surface area contributed by atoms with E-state index in [2.05, 4.69) is 15.0 Å². The molecule has 20 heavy (non-hydrogen) atoms. The fourth-order valence-corrected chi connectivity index (χ4v) is 2.11. The molecule has 1 N–H and O–H groups in total. The normalized spacial score (nSPS) is 12.6. The Bertz CT molecular complexity index is 484. The highest BCUT2D eigenvalue weighted by Crippen LogP contribution is 2.10. The van der Waals surface area contributed by atoms with Crippen molar-refractivity contribution in [2.24, 2.45) is 0 Å². The summed E-state index contributed by atoms with van der Waals surface area (Å²) >= 11 is 1.31. The smallest absolute Gasteiger partial charge is 0.408 e. The molecule has 6 nitrogen and oxygen atoms in total. The van der Waals surface area contributed by atoms with Crippen molar-refractivity contribution < 1.29 is 19.1 Å². The predicted octanol–water partition coefficient (Wildman–Crippen LogP) is 0.546. The van der Waals surface area contributed by atoms with Gasteiger partial charge >= 0.3 is 12.1 Å². The number of nitrogens with one attached hydrogen (secondary N) is 1. The molecule has 0 fully saturated rings. The van der Waals surface area contributed by atoms with E-state index in [4.69, 9.17) is 12.6 Å². The highest BCUT2D eigenvalue weighted by atomic mass is 32.1. The van der Waals surface area contributed by atoms with Crippen molar-refractivity contribution in [3.63, 3.8) is 0 Å². The van der Waals surface area contributed by atoms with Crippen molar-refractivity contribution in [2.45, 2.75) is 38.8 Å². The van der Waals surface area contributed by atoms with Gasteiger partial charge in [-0.3, -0.25) is 4.98 Å². The van der Waals surface area contributed by atoms with Crippen molar-refractivity contribution in [1.29, 1.82) is 0 Å². The van der Waals surface area contributed by atoms with E-state index in [1.165, 1.54) is 18.4 Å². The Kier molecular flexibility index (Phi) is 5.56. The van der Waals surface area contributed by atoms with E-state index in [1.54, 1.807) is 26.2 Å². The summed E-state index contributed by atoms with van der Waals surface area (Å²) in [4.78, 5) is 27.4. The van der Waals surface area contributed by atoms with Crippen LogP contribution in [0.2, 0.25) is 0 Å². The summed E-state index contributed by atoms with van der Waals surface area (Å²) in [5.41, 5.74) is -0.262. The van der Waals surface area contributed by atoms with Crippen LogP contribution in [0, 0.1) is 0 Å². The number of carbonyl (C=O) groups excluding carboxylic acids is 2. The molecular formula is C12H17BN2O4S. The lowest BCUT2D eigenvalue weighted by atomic mass is 10.1. The molecule has 1 heterocycles. The zero-order valence-corrected chi connectivity index (χ0v) is 12.7. The van der Waals surface area contributed by atoms with Gasteiger partial charge in [-0.25, -0.2) is 9.59 Å². The minimum atomic E-state index is -0.861. The number of nitrogens with zero attached hydrogens (tertiary/aromatic N) is 1. The van der Waals surface area contributed by atoms with Crippen LogP contribution in [0.15, 0.2) is 5.38 Å². The van der Waals surface area contributed by atoms with E-state index in [0.29, 0.717) is 10.6 Å². The molecule has 1 atom stereocenters. The number of hydrogen-bond acceptors (Lipinski definition) is 6. The SMILES string of the molecule is [B]c1csc(CC(NC(=O)OC(C)(C)C)C(=O)OC)n1. The summed E-state index contributed by atoms with van der Waals surface area (Å²) in [6.45, 7) is 5.21. The van der Waals surface area contributed by atoms with Crippen LogP contribution < -0.4 is 10.9 Å². The Balaban J connectivity index is 2.70. The van der Waals surface area contributed by atoms with Gasteiger partial charge in [0.2, 0.25) is 0 Å². The second kappa shape index (κ2) is 6.74. The maximum absolute atomic E-state index is 11.7. The molecular weight excluding hydrogens is 279 g/mol. The van der Waals surface area contributed by atoms with Gasteiger partial charge in [-0.1, -0.05) is 0 Å². The lowest BCUT2D eigenvalue weighted by Gasteiger charge is -2.22. The third kappa shape index (κ3) is 5.60. The summed E-state index contributed by atoms with van der Waals surface area (Å²) in [5.74, 6) is -0.565. The number of carbonyl (C=O) groups is 2. The van der Waals surface area contributed by atoms with E-state index in [0.717, 1.165) is 0 Å². The monoisotopic (exact) mass is 296 g/mol. The third-order valence-corrected chi connectivity index (χ3v) is 3.01. The van der Waals surface area contributed by atoms with Gasteiger partial charge in [-0.05, 0) is 26.4 Å². The van der Waals surface area contributed by atoms with Crippen molar-refractivity contribution in [3.8, 4) is 0 Å². The number of esters is 1. The molecule has 0 aliphatic rings. The highest BCUT2D eigenvalue weighted by molar-refractivity contribution is 7.10. The Hall–Kier alpha value is -1.57. The van der Waals surface area contributed by atoms with Crippen LogP contribution in [0.5, 0.6) is 0 Å². The second-order valence-corrected chi connectivity index (χ2v) is 6.03. The molecule has 1 amide bonds. The minimum absolute atomic E-state index is 0.202. The molecule has 1 aromatic heterocycles. The first kappa shape index (κ1) is 16.5. The molecule has 1 aromatic rings. The van der Waals surface area contributed by atoms with E-state index in [9.17, 15) is 9.59 Å². The molecule has 0 saturated heterocycles. The van der Waals surface area contributed by atoms with Crippen molar-refractivity contribution >= 4 is 36.8 Å². The first-order valence-electron chi connectivity index (χ1n) is 5.98. The summed E-state index contributed by atoms with van der Waals surface area (Å²) in [5, 5.41) is 4.77. The fraction of sp³-hybridized carbons (Fsp3) is 0.583. The van der Waals surface area contributed by atoms with E-state index in [-0.39, 0.29) is 6.42 Å². The Morgan fingerprint density at radius 2 is 2.15 bits per heavy atom. The summed E-state index contributed by atoms with van der Waals surface area (Å²) in [6, 6.07) is -0.861. The number of alkyl carbamates (subject to hydrolysis) is 1. The Morgan fingerprint density at radius 1 is 1.50 bits per heavy atom. The Labute approximate surface area is 123 Å². The standard InChI is InChI=1S/C12H17BN2O4S/c1-12(2,3)19-11(17)14-7(10(16)18-4)5-9-15-8(13)6-20-9/h6-7H,5H2,1-4H3,(H,14,17). The van der Waals surface area contributed by atoms with E-state index < -0.39 is 23.7 Å². The first-order chi connectivity index (χ1) is 9.21. The summed E-state index contributed by atoms with van der Waals surface area (Å²) in [7, 11) is 6.77. The van der Waals surface area contributed by atoms with Crippen LogP contribution in [-0.4, -0.2) is 43.6 Å². The topological polar surface area (TPSA) is 77.5 Å². The molecule has 108 valence electrons.